The smallest absolute Gasteiger partial charge is 0.134 e. The monoisotopic (exact) mass is 347 g/mol. The molecule has 2 aliphatic rings. The predicted octanol–water partition coefficient (Wildman–Crippen LogP) is 4.40. The zero-order valence-electron chi connectivity index (χ0n) is 15.2. The van der Waals surface area contributed by atoms with Gasteiger partial charge >= 0.3 is 0 Å². The third kappa shape index (κ3) is 2.67. The number of nitrogens with zero attached hydrogens (tertiary/aromatic N) is 1. The summed E-state index contributed by atoms with van der Waals surface area (Å²) in [4.78, 5) is 2.64. The third-order valence-electron chi connectivity index (χ3n) is 6.24. The van der Waals surface area contributed by atoms with Gasteiger partial charge in [0.2, 0.25) is 0 Å². The van der Waals surface area contributed by atoms with Gasteiger partial charge in [-0.1, -0.05) is 48.5 Å². The lowest BCUT2D eigenvalue weighted by Gasteiger charge is -2.46. The molecule has 5 rings (SSSR count). The van der Waals surface area contributed by atoms with Gasteiger partial charge in [-0.15, -0.1) is 0 Å². The first-order chi connectivity index (χ1) is 12.8. The molecule has 1 aromatic heterocycles. The Hall–Kier alpha value is -2.10. The molecule has 1 aliphatic heterocycles. The van der Waals surface area contributed by atoms with E-state index in [-0.39, 0.29) is 6.10 Å². The van der Waals surface area contributed by atoms with Crippen molar-refractivity contribution in [2.45, 2.75) is 37.3 Å². The van der Waals surface area contributed by atoms with Crippen LogP contribution in [0, 0.1) is 0 Å². The van der Waals surface area contributed by atoms with Gasteiger partial charge in [-0.05, 0) is 30.9 Å². The van der Waals surface area contributed by atoms with Crippen molar-refractivity contribution in [1.82, 2.24) is 4.90 Å². The average molecular weight is 347 g/mol. The highest BCUT2D eigenvalue weighted by Crippen LogP contribution is 2.44. The molecule has 0 spiro atoms. The summed E-state index contributed by atoms with van der Waals surface area (Å²) in [7, 11) is 1.84. The maximum atomic E-state index is 6.27. The quantitative estimate of drug-likeness (QED) is 0.699. The molecular weight excluding hydrogens is 322 g/mol. The largest absolute Gasteiger partial charge is 0.460 e. The van der Waals surface area contributed by atoms with Crippen LogP contribution in [0.4, 0.5) is 0 Å². The standard InChI is InChI=1S/C23H25NO2/c1-25-22-15-24(12-11-16-7-3-2-4-8-16)17-13-19-18-9-5-6-10-21(18)26-23(19)20(22)14-17/h2-10,17,20,22H,11-15H2,1H3/t17-,20+,22-/m0/s1. The van der Waals surface area contributed by atoms with E-state index in [1.165, 1.54) is 22.3 Å². The molecule has 2 bridgehead atoms. The van der Waals surface area contributed by atoms with Gasteiger partial charge in [-0.2, -0.15) is 0 Å². The highest BCUT2D eigenvalue weighted by Gasteiger charge is 2.43. The molecule has 1 saturated heterocycles. The van der Waals surface area contributed by atoms with Crippen LogP contribution in [-0.4, -0.2) is 37.2 Å². The first-order valence-electron chi connectivity index (χ1n) is 9.64. The first-order valence-corrected chi connectivity index (χ1v) is 9.64. The number of likely N-dealkylation sites (tertiary alicyclic amines) is 1. The molecule has 3 aromatic rings. The number of hydrogen-bond acceptors (Lipinski definition) is 3. The molecule has 2 heterocycles. The number of piperidine rings is 1. The molecule has 134 valence electrons. The Bertz CT molecular complexity index is 901. The van der Waals surface area contributed by atoms with E-state index in [9.17, 15) is 0 Å². The number of benzene rings is 2. The molecule has 26 heavy (non-hydrogen) atoms. The van der Waals surface area contributed by atoms with Gasteiger partial charge in [0.1, 0.15) is 11.3 Å². The van der Waals surface area contributed by atoms with Crippen molar-refractivity contribution in [2.24, 2.45) is 0 Å². The highest BCUT2D eigenvalue weighted by molar-refractivity contribution is 5.82. The minimum absolute atomic E-state index is 0.210. The van der Waals surface area contributed by atoms with Gasteiger partial charge in [-0.3, -0.25) is 4.90 Å². The van der Waals surface area contributed by atoms with Crippen molar-refractivity contribution >= 4 is 11.0 Å². The summed E-state index contributed by atoms with van der Waals surface area (Å²) < 4.78 is 12.2. The third-order valence-corrected chi connectivity index (χ3v) is 6.24. The van der Waals surface area contributed by atoms with E-state index in [1.54, 1.807) is 0 Å². The second-order valence-electron chi connectivity index (χ2n) is 7.65. The van der Waals surface area contributed by atoms with Crippen molar-refractivity contribution in [2.75, 3.05) is 20.2 Å². The molecule has 0 amide bonds. The molecule has 3 atom stereocenters. The number of ether oxygens (including phenoxy) is 1. The number of fused-ring (bicyclic) bond motifs is 6. The lowest BCUT2D eigenvalue weighted by Crippen LogP contribution is -2.53. The summed E-state index contributed by atoms with van der Waals surface area (Å²) in [5, 5.41) is 1.29. The Labute approximate surface area is 154 Å². The Kier molecular flexibility index (Phi) is 4.07. The van der Waals surface area contributed by atoms with Crippen molar-refractivity contribution in [3.05, 3.63) is 71.5 Å². The van der Waals surface area contributed by atoms with E-state index < -0.39 is 0 Å². The van der Waals surface area contributed by atoms with Crippen LogP contribution in [0.1, 0.15) is 29.2 Å². The fourth-order valence-corrected chi connectivity index (χ4v) is 4.88. The Morgan fingerprint density at radius 2 is 1.88 bits per heavy atom. The lowest BCUT2D eigenvalue weighted by atomic mass is 9.77. The van der Waals surface area contributed by atoms with Gasteiger partial charge in [-0.25, -0.2) is 0 Å². The number of rotatable bonds is 4. The topological polar surface area (TPSA) is 25.6 Å². The normalized spacial score (nSPS) is 25.3. The van der Waals surface area contributed by atoms with E-state index >= 15 is 0 Å². The number of hydrogen-bond donors (Lipinski definition) is 0. The van der Waals surface area contributed by atoms with E-state index in [2.05, 4.69) is 59.5 Å². The number of para-hydroxylation sites is 1. The Morgan fingerprint density at radius 3 is 2.73 bits per heavy atom. The number of methoxy groups -OCH3 is 1. The summed E-state index contributed by atoms with van der Waals surface area (Å²) in [5.74, 6) is 1.56. The fraction of sp³-hybridized carbons (Fsp3) is 0.391. The second kappa shape index (κ2) is 6.57. The molecule has 1 aliphatic carbocycles. The van der Waals surface area contributed by atoms with Crippen molar-refractivity contribution in [1.29, 1.82) is 0 Å². The first kappa shape index (κ1) is 16.1. The van der Waals surface area contributed by atoms with Gasteiger partial charge < -0.3 is 9.15 Å². The molecule has 3 nitrogen and oxygen atoms in total. The Morgan fingerprint density at radius 1 is 1.08 bits per heavy atom. The van der Waals surface area contributed by atoms with Crippen LogP contribution in [0.15, 0.2) is 59.0 Å². The molecule has 3 heteroatoms. The number of furan rings is 1. The molecular formula is C23H25NO2. The lowest BCUT2D eigenvalue weighted by molar-refractivity contribution is -0.0212. The fourth-order valence-electron chi connectivity index (χ4n) is 4.88. The van der Waals surface area contributed by atoms with Crippen LogP contribution in [0.5, 0.6) is 0 Å². The van der Waals surface area contributed by atoms with E-state index in [0.29, 0.717) is 12.0 Å². The van der Waals surface area contributed by atoms with Crippen molar-refractivity contribution in [3.63, 3.8) is 0 Å². The zero-order valence-corrected chi connectivity index (χ0v) is 15.2. The van der Waals surface area contributed by atoms with E-state index in [1.807, 2.05) is 7.11 Å². The molecule has 1 fully saturated rings. The average Bonchev–Trinajstić information content (AvgIpc) is 3.07. The van der Waals surface area contributed by atoms with E-state index in [4.69, 9.17) is 9.15 Å². The summed E-state index contributed by atoms with van der Waals surface area (Å²) >= 11 is 0. The van der Waals surface area contributed by atoms with Gasteiger partial charge in [0, 0.05) is 43.1 Å². The van der Waals surface area contributed by atoms with Crippen LogP contribution in [0.25, 0.3) is 11.0 Å². The minimum Gasteiger partial charge on any atom is -0.460 e. The highest BCUT2D eigenvalue weighted by atomic mass is 16.5. The summed E-state index contributed by atoms with van der Waals surface area (Å²) in [6, 6.07) is 19.8. The summed E-state index contributed by atoms with van der Waals surface area (Å²) in [6.07, 6.45) is 3.53. The van der Waals surface area contributed by atoms with Gasteiger partial charge in [0.25, 0.3) is 0 Å². The second-order valence-corrected chi connectivity index (χ2v) is 7.65. The zero-order chi connectivity index (χ0) is 17.5. The van der Waals surface area contributed by atoms with Crippen LogP contribution < -0.4 is 0 Å². The van der Waals surface area contributed by atoms with Gasteiger partial charge in [0.05, 0.1) is 6.10 Å². The molecule has 0 unspecified atom stereocenters. The van der Waals surface area contributed by atoms with Crippen molar-refractivity contribution < 1.29 is 9.15 Å². The van der Waals surface area contributed by atoms with Gasteiger partial charge in [0.15, 0.2) is 0 Å². The predicted molar refractivity (Wildman–Crippen MR) is 104 cm³/mol. The molecule has 0 N–H and O–H groups in total. The molecule has 0 radical (unpaired) electrons. The maximum Gasteiger partial charge on any atom is 0.134 e. The maximum absolute atomic E-state index is 6.27. The van der Waals surface area contributed by atoms with Crippen LogP contribution in [0.3, 0.4) is 0 Å². The molecule has 0 saturated carbocycles. The van der Waals surface area contributed by atoms with Crippen LogP contribution in [0.2, 0.25) is 0 Å². The molecule has 2 aromatic carbocycles. The van der Waals surface area contributed by atoms with E-state index in [0.717, 1.165) is 37.9 Å². The summed E-state index contributed by atoms with van der Waals surface area (Å²) in [6.45, 7) is 2.08. The summed E-state index contributed by atoms with van der Waals surface area (Å²) in [5.41, 5.74) is 3.85. The SMILES string of the molecule is CO[C@H]1CN(CCc2ccccc2)[C@H]2Cc3c(oc4ccccc34)[C@@H]1C2. The minimum atomic E-state index is 0.210. The van der Waals surface area contributed by atoms with Crippen LogP contribution >= 0.6 is 0 Å². The Balaban J connectivity index is 1.44. The van der Waals surface area contributed by atoms with Crippen molar-refractivity contribution in [3.8, 4) is 0 Å². The van der Waals surface area contributed by atoms with Crippen LogP contribution in [-0.2, 0) is 17.6 Å².